The summed E-state index contributed by atoms with van der Waals surface area (Å²) >= 11 is 1.54. The van der Waals surface area contributed by atoms with Crippen molar-refractivity contribution in [2.75, 3.05) is 23.4 Å². The summed E-state index contributed by atoms with van der Waals surface area (Å²) in [6.45, 7) is 5.11. The predicted octanol–water partition coefficient (Wildman–Crippen LogP) is 3.59. The molecule has 0 amide bonds. The van der Waals surface area contributed by atoms with Gasteiger partial charge in [0.1, 0.15) is 11.6 Å². The van der Waals surface area contributed by atoms with Crippen LogP contribution in [0.15, 0.2) is 35.6 Å². The van der Waals surface area contributed by atoms with Gasteiger partial charge in [-0.2, -0.15) is 0 Å². The van der Waals surface area contributed by atoms with Crippen LogP contribution >= 0.6 is 11.8 Å². The molecule has 0 radical (unpaired) electrons. The molecule has 0 fully saturated rings. The molecule has 5 nitrogen and oxygen atoms in total. The van der Waals surface area contributed by atoms with Crippen molar-refractivity contribution in [1.29, 1.82) is 0 Å². The van der Waals surface area contributed by atoms with Gasteiger partial charge in [0.05, 0.1) is 11.7 Å². The topological polar surface area (TPSA) is 62.7 Å². The molecule has 0 aliphatic carbocycles. The zero-order valence-electron chi connectivity index (χ0n) is 12.6. The van der Waals surface area contributed by atoms with E-state index in [0.29, 0.717) is 0 Å². The molecule has 2 N–H and O–H groups in total. The van der Waals surface area contributed by atoms with Gasteiger partial charge in [0.25, 0.3) is 0 Å². The summed E-state index contributed by atoms with van der Waals surface area (Å²) in [5.41, 5.74) is 0.991. The van der Waals surface area contributed by atoms with Crippen molar-refractivity contribution < 1.29 is 0 Å². The number of hydrogen-bond acceptors (Lipinski definition) is 6. The van der Waals surface area contributed by atoms with Gasteiger partial charge in [-0.15, -0.1) is 0 Å². The van der Waals surface area contributed by atoms with Crippen LogP contribution in [0, 0.1) is 0 Å². The third-order valence-corrected chi connectivity index (χ3v) is 3.49. The molecule has 0 bridgehead atoms. The first-order valence-electron chi connectivity index (χ1n) is 7.07. The fourth-order valence-corrected chi connectivity index (χ4v) is 2.24. The third kappa shape index (κ3) is 4.60. The number of nitrogens with one attached hydrogen (secondary N) is 2. The van der Waals surface area contributed by atoms with Crippen molar-refractivity contribution in [3.05, 3.63) is 36.2 Å². The van der Waals surface area contributed by atoms with E-state index in [4.69, 9.17) is 0 Å². The second kappa shape index (κ2) is 7.83. The molecule has 2 aromatic rings. The van der Waals surface area contributed by atoms with Crippen molar-refractivity contribution >= 4 is 23.4 Å². The standard InChI is InChI=1S/C15H21N5S/c1-4-8-17-13-10-14(20-15(19-13)21-3)18-11(2)12-7-5-6-9-16-12/h5-7,9-11H,4,8H2,1-3H3,(H2,17,18,19,20). The zero-order chi connectivity index (χ0) is 15.1. The number of aromatic nitrogens is 3. The lowest BCUT2D eigenvalue weighted by Crippen LogP contribution is -2.11. The molecule has 1 unspecified atom stereocenters. The Morgan fingerprint density at radius 1 is 1.24 bits per heavy atom. The van der Waals surface area contributed by atoms with Gasteiger partial charge in [-0.1, -0.05) is 24.8 Å². The molecule has 0 spiro atoms. The number of thioether (sulfide) groups is 1. The van der Waals surface area contributed by atoms with Crippen LogP contribution in [0.3, 0.4) is 0 Å². The van der Waals surface area contributed by atoms with Crippen LogP contribution in [0.5, 0.6) is 0 Å². The SMILES string of the molecule is CCCNc1cc(NC(C)c2ccccn2)nc(SC)n1. The molecule has 0 saturated heterocycles. The summed E-state index contributed by atoms with van der Waals surface area (Å²) in [6.07, 6.45) is 4.84. The number of nitrogens with zero attached hydrogens (tertiary/aromatic N) is 3. The van der Waals surface area contributed by atoms with Crippen LogP contribution in [0.25, 0.3) is 0 Å². The average molecular weight is 303 g/mol. The Morgan fingerprint density at radius 3 is 2.71 bits per heavy atom. The Balaban J connectivity index is 2.14. The van der Waals surface area contributed by atoms with Crippen molar-refractivity contribution in [3.8, 4) is 0 Å². The molecule has 112 valence electrons. The van der Waals surface area contributed by atoms with Crippen LogP contribution < -0.4 is 10.6 Å². The van der Waals surface area contributed by atoms with E-state index in [9.17, 15) is 0 Å². The van der Waals surface area contributed by atoms with E-state index in [1.807, 2.05) is 30.5 Å². The minimum absolute atomic E-state index is 0.0924. The minimum Gasteiger partial charge on any atom is -0.370 e. The molecular formula is C15H21N5S. The van der Waals surface area contributed by atoms with Gasteiger partial charge in [0.2, 0.25) is 0 Å². The van der Waals surface area contributed by atoms with Gasteiger partial charge in [0.15, 0.2) is 5.16 Å². The highest BCUT2D eigenvalue weighted by Gasteiger charge is 2.09. The normalized spacial score (nSPS) is 12.0. The molecule has 2 rings (SSSR count). The Morgan fingerprint density at radius 2 is 2.05 bits per heavy atom. The minimum atomic E-state index is 0.0924. The number of rotatable bonds is 7. The fraction of sp³-hybridized carbons (Fsp3) is 0.400. The lowest BCUT2D eigenvalue weighted by molar-refractivity contribution is 0.820. The maximum absolute atomic E-state index is 4.50. The fourth-order valence-electron chi connectivity index (χ4n) is 1.86. The van der Waals surface area contributed by atoms with Crippen LogP contribution in [-0.2, 0) is 0 Å². The van der Waals surface area contributed by atoms with Crippen molar-refractivity contribution in [1.82, 2.24) is 15.0 Å². The molecule has 0 aliphatic heterocycles. The summed E-state index contributed by atoms with van der Waals surface area (Å²) in [4.78, 5) is 13.3. The zero-order valence-corrected chi connectivity index (χ0v) is 13.4. The monoisotopic (exact) mass is 303 g/mol. The largest absolute Gasteiger partial charge is 0.370 e. The first-order valence-corrected chi connectivity index (χ1v) is 8.29. The maximum atomic E-state index is 4.50. The lowest BCUT2D eigenvalue weighted by atomic mass is 10.2. The quantitative estimate of drug-likeness (QED) is 0.602. The molecule has 1 atom stereocenters. The first-order chi connectivity index (χ1) is 10.2. The molecule has 0 aromatic carbocycles. The highest BCUT2D eigenvalue weighted by molar-refractivity contribution is 7.98. The van der Waals surface area contributed by atoms with Crippen LogP contribution in [0.1, 0.15) is 32.0 Å². The summed E-state index contributed by atoms with van der Waals surface area (Å²) in [6, 6.07) is 7.94. The van der Waals surface area contributed by atoms with E-state index < -0.39 is 0 Å². The van der Waals surface area contributed by atoms with Crippen molar-refractivity contribution in [2.45, 2.75) is 31.5 Å². The van der Waals surface area contributed by atoms with E-state index in [1.165, 1.54) is 11.8 Å². The van der Waals surface area contributed by atoms with Gasteiger partial charge >= 0.3 is 0 Å². The second-order valence-electron chi connectivity index (χ2n) is 4.67. The van der Waals surface area contributed by atoms with E-state index in [1.54, 1.807) is 6.20 Å². The molecule has 0 saturated carbocycles. The van der Waals surface area contributed by atoms with E-state index in [0.717, 1.165) is 35.5 Å². The lowest BCUT2D eigenvalue weighted by Gasteiger charge is -2.15. The molecule has 0 aliphatic rings. The smallest absolute Gasteiger partial charge is 0.191 e. The number of hydrogen-bond donors (Lipinski definition) is 2. The maximum Gasteiger partial charge on any atom is 0.191 e. The van der Waals surface area contributed by atoms with Gasteiger partial charge in [-0.05, 0) is 31.7 Å². The Bertz CT molecular complexity index is 561. The molecule has 21 heavy (non-hydrogen) atoms. The van der Waals surface area contributed by atoms with Gasteiger partial charge in [-0.3, -0.25) is 4.98 Å². The molecule has 2 aromatic heterocycles. The Labute approximate surface area is 130 Å². The van der Waals surface area contributed by atoms with Crippen molar-refractivity contribution in [3.63, 3.8) is 0 Å². The van der Waals surface area contributed by atoms with Crippen LogP contribution in [0.2, 0.25) is 0 Å². The summed E-state index contributed by atoms with van der Waals surface area (Å²) in [5.74, 6) is 1.66. The molecule has 2 heterocycles. The van der Waals surface area contributed by atoms with Gasteiger partial charge in [-0.25, -0.2) is 9.97 Å². The van der Waals surface area contributed by atoms with Crippen molar-refractivity contribution in [2.24, 2.45) is 0 Å². The first kappa shape index (κ1) is 15.6. The van der Waals surface area contributed by atoms with Crippen LogP contribution in [-0.4, -0.2) is 27.8 Å². The Kier molecular flexibility index (Phi) is 5.80. The Hall–Kier alpha value is -1.82. The van der Waals surface area contributed by atoms with E-state index >= 15 is 0 Å². The summed E-state index contributed by atoms with van der Waals surface area (Å²) in [7, 11) is 0. The third-order valence-electron chi connectivity index (χ3n) is 2.94. The van der Waals surface area contributed by atoms with E-state index in [2.05, 4.69) is 39.4 Å². The van der Waals surface area contributed by atoms with Crippen LogP contribution in [0.4, 0.5) is 11.6 Å². The van der Waals surface area contributed by atoms with Gasteiger partial charge < -0.3 is 10.6 Å². The average Bonchev–Trinajstić information content (AvgIpc) is 2.53. The molecular weight excluding hydrogens is 282 g/mol. The molecule has 6 heteroatoms. The van der Waals surface area contributed by atoms with E-state index in [-0.39, 0.29) is 6.04 Å². The van der Waals surface area contributed by atoms with Gasteiger partial charge in [0, 0.05) is 18.8 Å². The summed E-state index contributed by atoms with van der Waals surface area (Å²) < 4.78 is 0. The second-order valence-corrected chi connectivity index (χ2v) is 5.45. The number of pyridine rings is 1. The number of anilines is 2. The highest BCUT2D eigenvalue weighted by Crippen LogP contribution is 2.21. The highest BCUT2D eigenvalue weighted by atomic mass is 32.2. The summed E-state index contributed by atoms with van der Waals surface area (Å²) in [5, 5.41) is 7.44. The predicted molar refractivity (Wildman–Crippen MR) is 88.9 cm³/mol.